The number of hydrogen-bond donors (Lipinski definition) is 1. The zero-order valence-electron chi connectivity index (χ0n) is 13.7. The highest BCUT2D eigenvalue weighted by Crippen LogP contribution is 2.30. The summed E-state index contributed by atoms with van der Waals surface area (Å²) in [6.07, 6.45) is 3.72. The third-order valence-corrected chi connectivity index (χ3v) is 4.68. The number of nitrogens with one attached hydrogen (secondary N) is 1. The molecule has 20 heavy (non-hydrogen) atoms. The molecule has 0 aliphatic carbocycles. The molecule has 114 valence electrons. The predicted molar refractivity (Wildman–Crippen MR) is 84.1 cm³/mol. The van der Waals surface area contributed by atoms with Crippen molar-refractivity contribution >= 4 is 0 Å². The Morgan fingerprint density at radius 3 is 2.70 bits per heavy atom. The van der Waals surface area contributed by atoms with E-state index in [0.29, 0.717) is 18.1 Å². The summed E-state index contributed by atoms with van der Waals surface area (Å²) in [5.41, 5.74) is 1.36. The van der Waals surface area contributed by atoms with Crippen molar-refractivity contribution < 1.29 is 4.42 Å². The first-order chi connectivity index (χ1) is 9.56. The van der Waals surface area contributed by atoms with Gasteiger partial charge in [0.2, 0.25) is 0 Å². The number of piperazine rings is 1. The Morgan fingerprint density at radius 2 is 2.15 bits per heavy atom. The van der Waals surface area contributed by atoms with Crippen molar-refractivity contribution in [2.45, 2.75) is 72.0 Å². The maximum absolute atomic E-state index is 5.73. The van der Waals surface area contributed by atoms with E-state index in [4.69, 9.17) is 4.42 Å². The molecule has 3 atom stereocenters. The summed E-state index contributed by atoms with van der Waals surface area (Å²) in [6.45, 7) is 13.3. The second-order valence-electron chi connectivity index (χ2n) is 6.20. The van der Waals surface area contributed by atoms with Gasteiger partial charge in [0, 0.05) is 36.8 Å². The highest BCUT2D eigenvalue weighted by Gasteiger charge is 2.31. The van der Waals surface area contributed by atoms with Gasteiger partial charge in [-0.1, -0.05) is 20.3 Å². The van der Waals surface area contributed by atoms with Crippen LogP contribution in [0, 0.1) is 13.8 Å². The van der Waals surface area contributed by atoms with Gasteiger partial charge < -0.3 is 9.73 Å². The zero-order valence-corrected chi connectivity index (χ0v) is 13.7. The molecule has 1 aromatic rings. The Labute approximate surface area is 123 Å². The van der Waals surface area contributed by atoms with E-state index in [1.165, 1.54) is 24.8 Å². The normalized spacial score (nSPS) is 25.9. The summed E-state index contributed by atoms with van der Waals surface area (Å²) in [5, 5.41) is 3.71. The molecule has 3 nitrogen and oxygen atoms in total. The first-order valence-electron chi connectivity index (χ1n) is 8.12. The molecule has 3 unspecified atom stereocenters. The lowest BCUT2D eigenvalue weighted by atomic mass is 9.98. The molecule has 0 spiro atoms. The van der Waals surface area contributed by atoms with E-state index in [2.05, 4.69) is 44.0 Å². The third kappa shape index (κ3) is 3.26. The maximum Gasteiger partial charge on any atom is 0.105 e. The monoisotopic (exact) mass is 278 g/mol. The van der Waals surface area contributed by atoms with Crippen LogP contribution < -0.4 is 5.32 Å². The van der Waals surface area contributed by atoms with E-state index in [9.17, 15) is 0 Å². The van der Waals surface area contributed by atoms with Crippen LogP contribution in [0.25, 0.3) is 0 Å². The minimum atomic E-state index is 0.443. The fourth-order valence-corrected chi connectivity index (χ4v) is 3.53. The summed E-state index contributed by atoms with van der Waals surface area (Å²) in [5.74, 6) is 2.10. The Hall–Kier alpha value is -0.800. The van der Waals surface area contributed by atoms with Crippen molar-refractivity contribution in [1.82, 2.24) is 10.2 Å². The molecule has 0 radical (unpaired) electrons. The van der Waals surface area contributed by atoms with E-state index in [1.54, 1.807) is 0 Å². The predicted octanol–water partition coefficient (Wildman–Crippen LogP) is 3.81. The van der Waals surface area contributed by atoms with Crippen LogP contribution in [0.1, 0.15) is 63.2 Å². The molecule has 1 aliphatic heterocycles. The number of furan rings is 1. The van der Waals surface area contributed by atoms with Gasteiger partial charge in [0.1, 0.15) is 11.5 Å². The topological polar surface area (TPSA) is 28.4 Å². The van der Waals surface area contributed by atoms with Gasteiger partial charge in [-0.25, -0.2) is 0 Å². The van der Waals surface area contributed by atoms with Crippen LogP contribution in [0.2, 0.25) is 0 Å². The maximum atomic E-state index is 5.73. The SMILES string of the molecule is CCCC1CN(C(C)c2cc(C)oc2C)C(CC)CN1. The molecule has 0 amide bonds. The summed E-state index contributed by atoms with van der Waals surface area (Å²) < 4.78 is 5.73. The van der Waals surface area contributed by atoms with Gasteiger partial charge in [0.05, 0.1) is 0 Å². The Morgan fingerprint density at radius 1 is 1.40 bits per heavy atom. The van der Waals surface area contributed by atoms with Crippen LogP contribution in [0.5, 0.6) is 0 Å². The average Bonchev–Trinajstić information content (AvgIpc) is 2.77. The summed E-state index contributed by atoms with van der Waals surface area (Å²) >= 11 is 0. The lowest BCUT2D eigenvalue weighted by Crippen LogP contribution is -2.56. The highest BCUT2D eigenvalue weighted by atomic mass is 16.3. The molecule has 1 fully saturated rings. The van der Waals surface area contributed by atoms with Gasteiger partial charge in [0.25, 0.3) is 0 Å². The van der Waals surface area contributed by atoms with Crippen LogP contribution >= 0.6 is 0 Å². The Bertz CT molecular complexity index is 427. The molecule has 1 saturated heterocycles. The Kier molecular flexibility index (Phi) is 5.28. The molecule has 0 aromatic carbocycles. The number of aryl methyl sites for hydroxylation is 2. The molecule has 3 heteroatoms. The zero-order chi connectivity index (χ0) is 14.7. The molecule has 0 saturated carbocycles. The van der Waals surface area contributed by atoms with Crippen LogP contribution in [0.15, 0.2) is 10.5 Å². The quantitative estimate of drug-likeness (QED) is 0.888. The molecule has 1 aromatic heterocycles. The van der Waals surface area contributed by atoms with Crippen LogP contribution in [0.4, 0.5) is 0 Å². The van der Waals surface area contributed by atoms with Gasteiger partial charge in [-0.15, -0.1) is 0 Å². The molecule has 0 bridgehead atoms. The first kappa shape index (κ1) is 15.6. The van der Waals surface area contributed by atoms with Crippen LogP contribution in [-0.4, -0.2) is 30.1 Å². The number of nitrogens with zero attached hydrogens (tertiary/aromatic N) is 1. The number of rotatable bonds is 5. The summed E-state index contributed by atoms with van der Waals surface area (Å²) in [6, 6.07) is 3.92. The molecular formula is C17H30N2O. The minimum absolute atomic E-state index is 0.443. The smallest absolute Gasteiger partial charge is 0.105 e. The molecule has 1 aliphatic rings. The van der Waals surface area contributed by atoms with Crippen LogP contribution in [0.3, 0.4) is 0 Å². The fraction of sp³-hybridized carbons (Fsp3) is 0.765. The summed E-state index contributed by atoms with van der Waals surface area (Å²) in [7, 11) is 0. The van der Waals surface area contributed by atoms with Crippen molar-refractivity contribution in [2.75, 3.05) is 13.1 Å². The molecule has 1 N–H and O–H groups in total. The van der Waals surface area contributed by atoms with E-state index < -0.39 is 0 Å². The van der Waals surface area contributed by atoms with Gasteiger partial charge in [-0.05, 0) is 39.7 Å². The lowest BCUT2D eigenvalue weighted by molar-refractivity contribution is 0.0829. The van der Waals surface area contributed by atoms with Gasteiger partial charge in [0.15, 0.2) is 0 Å². The average molecular weight is 278 g/mol. The van der Waals surface area contributed by atoms with Crippen molar-refractivity contribution in [3.8, 4) is 0 Å². The van der Waals surface area contributed by atoms with E-state index >= 15 is 0 Å². The number of hydrogen-bond acceptors (Lipinski definition) is 3. The summed E-state index contributed by atoms with van der Waals surface area (Å²) in [4.78, 5) is 2.67. The van der Waals surface area contributed by atoms with Crippen molar-refractivity contribution in [3.05, 3.63) is 23.2 Å². The standard InChI is InChI=1S/C17H30N2O/c1-6-8-15-11-19(16(7-2)10-18-15)13(4)17-9-12(3)20-14(17)5/h9,13,15-16,18H,6-8,10-11H2,1-5H3. The van der Waals surface area contributed by atoms with E-state index in [0.717, 1.165) is 24.6 Å². The largest absolute Gasteiger partial charge is 0.466 e. The van der Waals surface area contributed by atoms with Crippen molar-refractivity contribution in [2.24, 2.45) is 0 Å². The van der Waals surface area contributed by atoms with E-state index in [1.807, 2.05) is 6.92 Å². The van der Waals surface area contributed by atoms with Crippen LogP contribution in [-0.2, 0) is 0 Å². The molecule has 2 heterocycles. The van der Waals surface area contributed by atoms with Crippen molar-refractivity contribution in [1.29, 1.82) is 0 Å². The van der Waals surface area contributed by atoms with Gasteiger partial charge in [-0.3, -0.25) is 4.90 Å². The Balaban J connectivity index is 2.15. The second kappa shape index (κ2) is 6.77. The van der Waals surface area contributed by atoms with Gasteiger partial charge >= 0.3 is 0 Å². The second-order valence-corrected chi connectivity index (χ2v) is 6.20. The van der Waals surface area contributed by atoms with E-state index in [-0.39, 0.29) is 0 Å². The highest BCUT2D eigenvalue weighted by molar-refractivity contribution is 5.24. The minimum Gasteiger partial charge on any atom is -0.466 e. The third-order valence-electron chi connectivity index (χ3n) is 4.68. The molecule has 2 rings (SSSR count). The van der Waals surface area contributed by atoms with Crippen molar-refractivity contribution in [3.63, 3.8) is 0 Å². The van der Waals surface area contributed by atoms with Gasteiger partial charge in [-0.2, -0.15) is 0 Å². The fourth-order valence-electron chi connectivity index (χ4n) is 3.53. The lowest BCUT2D eigenvalue weighted by Gasteiger charge is -2.43. The molecular weight excluding hydrogens is 248 g/mol. The first-order valence-corrected chi connectivity index (χ1v) is 8.12.